The van der Waals surface area contributed by atoms with Crippen LogP contribution < -0.4 is 0 Å². The van der Waals surface area contributed by atoms with Crippen LogP contribution in [0.3, 0.4) is 0 Å². The molecule has 1 aromatic rings. The van der Waals surface area contributed by atoms with Gasteiger partial charge in [-0.1, -0.05) is 97.4 Å². The monoisotopic (exact) mass is 326 g/mol. The molecule has 1 aromatic carbocycles. The molecule has 0 bridgehead atoms. The standard InChI is InChI=1S/C19H19Br/c1-18(2,3)14-7-9-15(10-8-14)19-12-5-4-6-16(19)17(20)11-13-19/h4-13H,1-3H3. The van der Waals surface area contributed by atoms with Crippen LogP contribution in [0.5, 0.6) is 0 Å². The van der Waals surface area contributed by atoms with E-state index in [1.165, 1.54) is 21.2 Å². The molecule has 0 N–H and O–H groups in total. The Morgan fingerprint density at radius 2 is 1.60 bits per heavy atom. The second-order valence-corrected chi connectivity index (χ2v) is 7.36. The Labute approximate surface area is 129 Å². The molecule has 1 unspecified atom stereocenters. The molecule has 0 aliphatic heterocycles. The summed E-state index contributed by atoms with van der Waals surface area (Å²) in [6.45, 7) is 6.75. The van der Waals surface area contributed by atoms with Gasteiger partial charge in [-0.2, -0.15) is 0 Å². The van der Waals surface area contributed by atoms with E-state index >= 15 is 0 Å². The lowest BCUT2D eigenvalue weighted by Gasteiger charge is -2.30. The average Bonchev–Trinajstić information content (AvgIpc) is 2.77. The van der Waals surface area contributed by atoms with Crippen molar-refractivity contribution in [2.24, 2.45) is 0 Å². The minimum atomic E-state index is -0.0933. The van der Waals surface area contributed by atoms with Crippen LogP contribution in [0.4, 0.5) is 0 Å². The molecular formula is C19H19Br. The summed E-state index contributed by atoms with van der Waals surface area (Å²) < 4.78 is 1.18. The van der Waals surface area contributed by atoms with Gasteiger partial charge in [0.25, 0.3) is 0 Å². The van der Waals surface area contributed by atoms with Crippen molar-refractivity contribution in [2.45, 2.75) is 31.6 Å². The number of allylic oxidation sites excluding steroid dienone is 8. The fourth-order valence-corrected chi connectivity index (χ4v) is 3.49. The van der Waals surface area contributed by atoms with E-state index in [4.69, 9.17) is 0 Å². The summed E-state index contributed by atoms with van der Waals surface area (Å²) in [5.41, 5.74) is 4.13. The van der Waals surface area contributed by atoms with E-state index in [9.17, 15) is 0 Å². The van der Waals surface area contributed by atoms with E-state index < -0.39 is 0 Å². The zero-order valence-corrected chi connectivity index (χ0v) is 13.7. The summed E-state index contributed by atoms with van der Waals surface area (Å²) in [5, 5.41) is 0. The minimum Gasteiger partial charge on any atom is -0.0658 e. The van der Waals surface area contributed by atoms with Crippen molar-refractivity contribution >= 4 is 15.9 Å². The van der Waals surface area contributed by atoms with Crippen molar-refractivity contribution in [3.63, 3.8) is 0 Å². The third-order valence-electron chi connectivity index (χ3n) is 4.16. The zero-order valence-electron chi connectivity index (χ0n) is 12.2. The van der Waals surface area contributed by atoms with Gasteiger partial charge in [0.2, 0.25) is 0 Å². The number of benzene rings is 1. The van der Waals surface area contributed by atoms with Crippen LogP contribution in [0.25, 0.3) is 0 Å². The molecule has 0 amide bonds. The number of halogens is 1. The van der Waals surface area contributed by atoms with Gasteiger partial charge in [-0.25, -0.2) is 0 Å². The maximum absolute atomic E-state index is 3.67. The molecule has 0 fully saturated rings. The second kappa shape index (κ2) is 4.60. The van der Waals surface area contributed by atoms with Gasteiger partial charge < -0.3 is 0 Å². The SMILES string of the molecule is CC(C)(C)c1ccc(C23C=CC=CC2=C(Br)C=C3)cc1. The highest BCUT2D eigenvalue weighted by molar-refractivity contribution is 9.11. The van der Waals surface area contributed by atoms with Crippen LogP contribution in [0.15, 0.2) is 70.8 Å². The molecule has 0 heterocycles. The van der Waals surface area contributed by atoms with Crippen LogP contribution in [-0.4, -0.2) is 0 Å². The molecular weight excluding hydrogens is 308 g/mol. The molecule has 0 nitrogen and oxygen atoms in total. The summed E-state index contributed by atoms with van der Waals surface area (Å²) in [5.74, 6) is 0. The van der Waals surface area contributed by atoms with E-state index in [1.54, 1.807) is 0 Å². The Morgan fingerprint density at radius 1 is 0.900 bits per heavy atom. The normalized spacial score (nSPS) is 24.4. The highest BCUT2D eigenvalue weighted by atomic mass is 79.9. The molecule has 2 aliphatic carbocycles. The minimum absolute atomic E-state index is 0.0933. The van der Waals surface area contributed by atoms with Crippen LogP contribution in [-0.2, 0) is 10.8 Å². The molecule has 0 spiro atoms. The average molecular weight is 327 g/mol. The Balaban J connectivity index is 2.08. The molecule has 0 aromatic heterocycles. The van der Waals surface area contributed by atoms with Gasteiger partial charge in [-0.3, -0.25) is 0 Å². The maximum Gasteiger partial charge on any atom is 0.0580 e. The van der Waals surface area contributed by atoms with Crippen LogP contribution in [0.2, 0.25) is 0 Å². The smallest absolute Gasteiger partial charge is 0.0580 e. The highest BCUT2D eigenvalue weighted by Crippen LogP contribution is 2.46. The molecule has 0 saturated heterocycles. The fraction of sp³-hybridized carbons (Fsp3) is 0.263. The van der Waals surface area contributed by atoms with E-state index in [0.29, 0.717) is 0 Å². The van der Waals surface area contributed by atoms with Gasteiger partial charge in [0, 0.05) is 4.48 Å². The lowest BCUT2D eigenvalue weighted by atomic mass is 9.73. The van der Waals surface area contributed by atoms with Crippen molar-refractivity contribution in [3.8, 4) is 0 Å². The largest absolute Gasteiger partial charge is 0.0658 e. The van der Waals surface area contributed by atoms with Gasteiger partial charge in [-0.15, -0.1) is 0 Å². The Bertz CT molecular complexity index is 648. The Morgan fingerprint density at radius 3 is 2.25 bits per heavy atom. The van der Waals surface area contributed by atoms with Crippen molar-refractivity contribution in [2.75, 3.05) is 0 Å². The van der Waals surface area contributed by atoms with Gasteiger partial charge in [0.15, 0.2) is 0 Å². The van der Waals surface area contributed by atoms with E-state index in [1.807, 2.05) is 0 Å². The van der Waals surface area contributed by atoms with Gasteiger partial charge in [0.1, 0.15) is 0 Å². The first-order valence-electron chi connectivity index (χ1n) is 7.00. The van der Waals surface area contributed by atoms with Crippen LogP contribution in [0.1, 0.15) is 31.9 Å². The maximum atomic E-state index is 3.67. The number of rotatable bonds is 1. The van der Waals surface area contributed by atoms with Crippen LogP contribution in [0, 0.1) is 0 Å². The van der Waals surface area contributed by atoms with Gasteiger partial charge in [-0.05, 0) is 22.1 Å². The fourth-order valence-electron chi connectivity index (χ4n) is 2.90. The predicted molar refractivity (Wildman–Crippen MR) is 90.2 cm³/mol. The molecule has 0 radical (unpaired) electrons. The molecule has 1 atom stereocenters. The van der Waals surface area contributed by atoms with Crippen molar-refractivity contribution in [1.82, 2.24) is 0 Å². The summed E-state index contributed by atoms with van der Waals surface area (Å²) in [6.07, 6.45) is 13.1. The third-order valence-corrected chi connectivity index (χ3v) is 4.85. The zero-order chi connectivity index (χ0) is 14.4. The second-order valence-electron chi connectivity index (χ2n) is 6.51. The van der Waals surface area contributed by atoms with Crippen molar-refractivity contribution in [3.05, 3.63) is 81.9 Å². The predicted octanol–water partition coefficient (Wildman–Crippen LogP) is 5.57. The summed E-state index contributed by atoms with van der Waals surface area (Å²) in [6, 6.07) is 9.04. The summed E-state index contributed by atoms with van der Waals surface area (Å²) in [4.78, 5) is 0. The summed E-state index contributed by atoms with van der Waals surface area (Å²) in [7, 11) is 0. The first-order chi connectivity index (χ1) is 9.43. The topological polar surface area (TPSA) is 0 Å². The number of fused-ring (bicyclic) bond motifs is 1. The lowest BCUT2D eigenvalue weighted by Crippen LogP contribution is -2.23. The molecule has 1 heteroatoms. The number of hydrogen-bond acceptors (Lipinski definition) is 0. The first-order valence-corrected chi connectivity index (χ1v) is 7.79. The van der Waals surface area contributed by atoms with E-state index in [-0.39, 0.29) is 10.8 Å². The van der Waals surface area contributed by atoms with Gasteiger partial charge in [0.05, 0.1) is 5.41 Å². The first kappa shape index (κ1) is 13.6. The highest BCUT2D eigenvalue weighted by Gasteiger charge is 2.35. The molecule has 2 aliphatic rings. The van der Waals surface area contributed by atoms with E-state index in [0.717, 1.165) is 0 Å². The Hall–Kier alpha value is -1.34. The van der Waals surface area contributed by atoms with Crippen molar-refractivity contribution < 1.29 is 0 Å². The molecule has 3 rings (SSSR count). The quantitative estimate of drug-likeness (QED) is 0.633. The van der Waals surface area contributed by atoms with E-state index in [2.05, 4.69) is 97.4 Å². The lowest BCUT2D eigenvalue weighted by molar-refractivity contribution is 0.589. The number of hydrogen-bond donors (Lipinski definition) is 0. The van der Waals surface area contributed by atoms with Gasteiger partial charge >= 0.3 is 0 Å². The van der Waals surface area contributed by atoms with Crippen molar-refractivity contribution in [1.29, 1.82) is 0 Å². The third kappa shape index (κ3) is 2.05. The Kier molecular flexibility index (Phi) is 3.13. The van der Waals surface area contributed by atoms with Crippen LogP contribution >= 0.6 is 15.9 Å². The molecule has 102 valence electrons. The summed E-state index contributed by atoms with van der Waals surface area (Å²) >= 11 is 3.67. The molecule has 20 heavy (non-hydrogen) atoms. The molecule has 0 saturated carbocycles.